The van der Waals surface area contributed by atoms with Crippen LogP contribution in [-0.2, 0) is 16.8 Å². The first-order valence-electron chi connectivity index (χ1n) is 7.76. The maximum Gasteiger partial charge on any atom is 0.303 e. The average Bonchev–Trinajstić information content (AvgIpc) is 2.83. The van der Waals surface area contributed by atoms with Gasteiger partial charge in [-0.15, -0.1) is 10.2 Å². The number of carboxylic acids is 1. The first-order chi connectivity index (χ1) is 9.64. The number of aryl methyl sites for hydroxylation is 1. The van der Waals surface area contributed by atoms with E-state index in [2.05, 4.69) is 14.8 Å². The van der Waals surface area contributed by atoms with Gasteiger partial charge in [0, 0.05) is 12.0 Å². The Morgan fingerprint density at radius 1 is 1.25 bits per heavy atom. The summed E-state index contributed by atoms with van der Waals surface area (Å²) in [5.41, 5.74) is 0.200. The van der Waals surface area contributed by atoms with Crippen molar-refractivity contribution < 1.29 is 9.90 Å². The first-order valence-corrected chi connectivity index (χ1v) is 7.76. The molecule has 4 saturated carbocycles. The number of carboxylic acid groups (broad SMARTS) is 1. The molecule has 5 nitrogen and oxygen atoms in total. The molecular formula is C15H21N3O2. The van der Waals surface area contributed by atoms with Gasteiger partial charge in [-0.3, -0.25) is 4.79 Å². The van der Waals surface area contributed by atoms with Gasteiger partial charge >= 0.3 is 5.97 Å². The highest BCUT2D eigenvalue weighted by molar-refractivity contribution is 5.66. The Bertz CT molecular complexity index is 502. The van der Waals surface area contributed by atoms with Crippen LogP contribution in [0, 0.1) is 17.8 Å². The summed E-state index contributed by atoms with van der Waals surface area (Å²) in [4.78, 5) is 10.8. The Morgan fingerprint density at radius 3 is 2.40 bits per heavy atom. The lowest BCUT2D eigenvalue weighted by Crippen LogP contribution is -2.52. The van der Waals surface area contributed by atoms with E-state index in [1.807, 2.05) is 6.33 Å². The molecule has 1 aromatic rings. The van der Waals surface area contributed by atoms with Crippen LogP contribution in [0.1, 0.15) is 50.8 Å². The second kappa shape index (κ2) is 4.30. The molecule has 4 aliphatic carbocycles. The standard InChI is InChI=1S/C15H21N3O2/c19-14(20)2-1-13-17-16-9-18(13)15-6-10-3-11(7-15)5-12(4-10)8-15/h9-12H,1-8H2,(H,19,20). The Morgan fingerprint density at radius 2 is 1.85 bits per heavy atom. The minimum Gasteiger partial charge on any atom is -0.481 e. The number of nitrogens with zero attached hydrogens (tertiary/aromatic N) is 3. The van der Waals surface area contributed by atoms with E-state index in [1.54, 1.807) is 0 Å². The van der Waals surface area contributed by atoms with Crippen LogP contribution in [0.4, 0.5) is 0 Å². The molecule has 4 bridgehead atoms. The molecule has 5 heteroatoms. The van der Waals surface area contributed by atoms with Gasteiger partial charge < -0.3 is 9.67 Å². The van der Waals surface area contributed by atoms with Crippen molar-refractivity contribution in [1.29, 1.82) is 0 Å². The molecule has 0 aromatic carbocycles. The molecule has 1 N–H and O–H groups in total. The molecule has 108 valence electrons. The van der Waals surface area contributed by atoms with Crippen LogP contribution in [0.25, 0.3) is 0 Å². The smallest absolute Gasteiger partial charge is 0.303 e. The fourth-order valence-electron chi connectivity index (χ4n) is 5.40. The zero-order chi connectivity index (χ0) is 13.7. The minimum absolute atomic E-state index is 0.144. The Hall–Kier alpha value is -1.39. The fourth-order valence-corrected chi connectivity index (χ4v) is 5.40. The zero-order valence-electron chi connectivity index (χ0n) is 11.7. The third-order valence-corrected chi connectivity index (χ3v) is 5.70. The lowest BCUT2D eigenvalue weighted by atomic mass is 9.53. The third-order valence-electron chi connectivity index (χ3n) is 5.70. The van der Waals surface area contributed by atoms with Crippen LogP contribution in [0.2, 0.25) is 0 Å². The van der Waals surface area contributed by atoms with Crippen LogP contribution in [0.15, 0.2) is 6.33 Å². The second-order valence-electron chi connectivity index (χ2n) is 7.15. The Labute approximate surface area is 118 Å². The summed E-state index contributed by atoms with van der Waals surface area (Å²) in [6, 6.07) is 0. The van der Waals surface area contributed by atoms with E-state index < -0.39 is 5.97 Å². The van der Waals surface area contributed by atoms with E-state index in [1.165, 1.54) is 38.5 Å². The van der Waals surface area contributed by atoms with Crippen LogP contribution < -0.4 is 0 Å². The number of carbonyl (C=O) groups is 1. The molecule has 0 aliphatic heterocycles. The summed E-state index contributed by atoms with van der Waals surface area (Å²) >= 11 is 0. The fraction of sp³-hybridized carbons (Fsp3) is 0.800. The van der Waals surface area contributed by atoms with Crippen molar-refractivity contribution in [3.63, 3.8) is 0 Å². The van der Waals surface area contributed by atoms with Crippen molar-refractivity contribution in [3.8, 4) is 0 Å². The topological polar surface area (TPSA) is 68.0 Å². The van der Waals surface area contributed by atoms with Gasteiger partial charge in [0.25, 0.3) is 0 Å². The average molecular weight is 275 g/mol. The normalized spacial score (nSPS) is 38.3. The van der Waals surface area contributed by atoms with Gasteiger partial charge in [-0.25, -0.2) is 0 Å². The monoisotopic (exact) mass is 275 g/mol. The molecule has 0 unspecified atom stereocenters. The van der Waals surface area contributed by atoms with Crippen molar-refractivity contribution in [2.75, 3.05) is 0 Å². The summed E-state index contributed by atoms with van der Waals surface area (Å²) in [7, 11) is 0. The predicted octanol–water partition coefficient (Wildman–Crippen LogP) is 2.22. The number of aliphatic carboxylic acids is 1. The molecule has 4 aliphatic rings. The molecule has 1 aromatic heterocycles. The van der Waals surface area contributed by atoms with E-state index in [0.717, 1.165) is 23.6 Å². The zero-order valence-corrected chi connectivity index (χ0v) is 11.7. The molecule has 0 saturated heterocycles. The van der Waals surface area contributed by atoms with E-state index >= 15 is 0 Å². The molecule has 1 heterocycles. The summed E-state index contributed by atoms with van der Waals surface area (Å²) in [6.07, 6.45) is 10.5. The maximum absolute atomic E-state index is 10.8. The van der Waals surface area contributed by atoms with Crippen molar-refractivity contribution in [3.05, 3.63) is 12.2 Å². The maximum atomic E-state index is 10.8. The molecule has 5 rings (SSSR count). The van der Waals surface area contributed by atoms with Gasteiger partial charge in [0.1, 0.15) is 12.2 Å². The highest BCUT2D eigenvalue weighted by Gasteiger charge is 2.52. The van der Waals surface area contributed by atoms with Crippen molar-refractivity contribution in [1.82, 2.24) is 14.8 Å². The van der Waals surface area contributed by atoms with Gasteiger partial charge in [0.2, 0.25) is 0 Å². The molecule has 0 atom stereocenters. The minimum atomic E-state index is -0.759. The number of rotatable bonds is 4. The van der Waals surface area contributed by atoms with Gasteiger partial charge in [-0.1, -0.05) is 0 Å². The van der Waals surface area contributed by atoms with Gasteiger partial charge in [0.15, 0.2) is 0 Å². The molecular weight excluding hydrogens is 254 g/mol. The predicted molar refractivity (Wildman–Crippen MR) is 72.1 cm³/mol. The molecule has 0 spiro atoms. The van der Waals surface area contributed by atoms with Crippen LogP contribution in [-0.4, -0.2) is 25.8 Å². The summed E-state index contributed by atoms with van der Waals surface area (Å²) in [6.45, 7) is 0. The lowest BCUT2D eigenvalue weighted by Gasteiger charge is -2.57. The summed E-state index contributed by atoms with van der Waals surface area (Å²) in [5, 5.41) is 17.2. The molecule has 4 fully saturated rings. The SMILES string of the molecule is O=C(O)CCc1nncn1C12CC3CC(CC(C3)C1)C2. The highest BCUT2D eigenvalue weighted by Crippen LogP contribution is 2.58. The Kier molecular flexibility index (Phi) is 2.66. The van der Waals surface area contributed by atoms with Crippen LogP contribution in [0.5, 0.6) is 0 Å². The van der Waals surface area contributed by atoms with E-state index in [0.29, 0.717) is 6.42 Å². The lowest BCUT2D eigenvalue weighted by molar-refractivity contribution is -0.137. The summed E-state index contributed by atoms with van der Waals surface area (Å²) in [5.74, 6) is 2.72. The molecule has 0 amide bonds. The van der Waals surface area contributed by atoms with Gasteiger partial charge in [-0.2, -0.15) is 0 Å². The van der Waals surface area contributed by atoms with Crippen molar-refractivity contribution in [2.45, 2.75) is 56.9 Å². The number of hydrogen-bond donors (Lipinski definition) is 1. The van der Waals surface area contributed by atoms with Gasteiger partial charge in [0.05, 0.1) is 6.42 Å². The van der Waals surface area contributed by atoms with E-state index in [9.17, 15) is 4.79 Å². The van der Waals surface area contributed by atoms with Gasteiger partial charge in [-0.05, 0) is 56.3 Å². The quantitative estimate of drug-likeness (QED) is 0.915. The van der Waals surface area contributed by atoms with Crippen LogP contribution >= 0.6 is 0 Å². The van der Waals surface area contributed by atoms with Crippen molar-refractivity contribution >= 4 is 5.97 Å². The van der Waals surface area contributed by atoms with E-state index in [-0.39, 0.29) is 12.0 Å². The Balaban J connectivity index is 1.64. The third kappa shape index (κ3) is 1.86. The van der Waals surface area contributed by atoms with E-state index in [4.69, 9.17) is 5.11 Å². The first kappa shape index (κ1) is 12.4. The highest BCUT2D eigenvalue weighted by atomic mass is 16.4. The van der Waals surface area contributed by atoms with Crippen molar-refractivity contribution in [2.24, 2.45) is 17.8 Å². The summed E-state index contributed by atoms with van der Waals surface area (Å²) < 4.78 is 2.25. The van der Waals surface area contributed by atoms with Crippen LogP contribution in [0.3, 0.4) is 0 Å². The molecule has 20 heavy (non-hydrogen) atoms. The number of aromatic nitrogens is 3. The molecule has 0 radical (unpaired) electrons. The number of hydrogen-bond acceptors (Lipinski definition) is 3. The second-order valence-corrected chi connectivity index (χ2v) is 7.15. The largest absolute Gasteiger partial charge is 0.481 e.